The summed E-state index contributed by atoms with van der Waals surface area (Å²) in [5.41, 5.74) is 1.38. The van der Waals surface area contributed by atoms with Crippen LogP contribution in [0.2, 0.25) is 0 Å². The maximum atomic E-state index is 11.1. The lowest BCUT2D eigenvalue weighted by atomic mass is 10.1. The first-order valence-corrected chi connectivity index (χ1v) is 4.64. The second-order valence-electron chi connectivity index (χ2n) is 3.39. The molecule has 0 amide bonds. The molecule has 0 aliphatic rings. The molecule has 0 aliphatic heterocycles. The van der Waals surface area contributed by atoms with Gasteiger partial charge in [0.15, 0.2) is 0 Å². The molecule has 0 radical (unpaired) electrons. The van der Waals surface area contributed by atoms with Gasteiger partial charge < -0.3 is 9.84 Å². The predicted octanol–water partition coefficient (Wildman–Crippen LogP) is 2.09. The quantitative estimate of drug-likeness (QED) is 0.481. The lowest BCUT2D eigenvalue weighted by Gasteiger charge is -2.10. The van der Waals surface area contributed by atoms with Crippen molar-refractivity contribution in [2.75, 3.05) is 0 Å². The second kappa shape index (κ2) is 4.61. The van der Waals surface area contributed by atoms with Crippen LogP contribution in [0.1, 0.15) is 21.5 Å². The Morgan fingerprint density at radius 2 is 2.00 bits per heavy atom. The van der Waals surface area contributed by atoms with Crippen LogP contribution in [0.4, 0.5) is 0 Å². The first kappa shape index (κ1) is 12.0. The SMILES string of the molecule is C=CC(=O)Oc1c(C)cc(C)cc1C(=O)O. The fraction of sp³-hybridized carbons (Fsp3) is 0.167. The van der Waals surface area contributed by atoms with Crippen molar-refractivity contribution < 1.29 is 19.4 Å². The summed E-state index contributed by atoms with van der Waals surface area (Å²) in [7, 11) is 0. The van der Waals surface area contributed by atoms with E-state index >= 15 is 0 Å². The van der Waals surface area contributed by atoms with Crippen LogP contribution in [-0.2, 0) is 4.79 Å². The van der Waals surface area contributed by atoms with Crippen molar-refractivity contribution in [2.45, 2.75) is 13.8 Å². The van der Waals surface area contributed by atoms with E-state index in [1.54, 1.807) is 19.9 Å². The molecule has 0 bridgehead atoms. The molecule has 0 fully saturated rings. The van der Waals surface area contributed by atoms with Crippen LogP contribution in [0.25, 0.3) is 0 Å². The van der Waals surface area contributed by atoms with E-state index in [9.17, 15) is 9.59 Å². The molecule has 16 heavy (non-hydrogen) atoms. The minimum atomic E-state index is -1.13. The zero-order valence-corrected chi connectivity index (χ0v) is 9.11. The van der Waals surface area contributed by atoms with Gasteiger partial charge in [0.25, 0.3) is 0 Å². The third kappa shape index (κ3) is 2.48. The summed E-state index contributed by atoms with van der Waals surface area (Å²) in [5.74, 6) is -1.73. The van der Waals surface area contributed by atoms with Crippen molar-refractivity contribution in [3.8, 4) is 5.75 Å². The summed E-state index contributed by atoms with van der Waals surface area (Å²) in [6.07, 6.45) is 0.991. The third-order valence-corrected chi connectivity index (χ3v) is 2.02. The Hall–Kier alpha value is -2.10. The molecule has 0 saturated heterocycles. The van der Waals surface area contributed by atoms with E-state index in [2.05, 4.69) is 6.58 Å². The summed E-state index contributed by atoms with van der Waals surface area (Å²) < 4.78 is 4.90. The van der Waals surface area contributed by atoms with Crippen LogP contribution in [0.15, 0.2) is 24.8 Å². The second-order valence-corrected chi connectivity index (χ2v) is 3.39. The maximum Gasteiger partial charge on any atom is 0.339 e. The zero-order chi connectivity index (χ0) is 12.3. The molecule has 0 atom stereocenters. The monoisotopic (exact) mass is 220 g/mol. The molecule has 0 aliphatic carbocycles. The predicted molar refractivity (Wildman–Crippen MR) is 58.7 cm³/mol. The number of aromatic carboxylic acids is 1. The third-order valence-electron chi connectivity index (χ3n) is 2.02. The Bertz CT molecular complexity index is 460. The van der Waals surface area contributed by atoms with Crippen molar-refractivity contribution in [3.63, 3.8) is 0 Å². The van der Waals surface area contributed by atoms with Gasteiger partial charge in [0.05, 0.1) is 0 Å². The molecule has 1 aromatic carbocycles. The Balaban J connectivity index is 3.29. The highest BCUT2D eigenvalue weighted by molar-refractivity contribution is 5.94. The number of carbonyl (C=O) groups excluding carboxylic acids is 1. The minimum absolute atomic E-state index is 0.0206. The molecule has 1 aromatic rings. The van der Waals surface area contributed by atoms with Gasteiger partial charge in [-0.3, -0.25) is 0 Å². The molecule has 4 heteroatoms. The van der Waals surface area contributed by atoms with Crippen LogP contribution in [0, 0.1) is 13.8 Å². The molecule has 1 rings (SSSR count). The largest absolute Gasteiger partial charge is 0.478 e. The molecule has 4 nitrogen and oxygen atoms in total. The lowest BCUT2D eigenvalue weighted by Crippen LogP contribution is -2.10. The van der Waals surface area contributed by atoms with Crippen LogP contribution >= 0.6 is 0 Å². The van der Waals surface area contributed by atoms with Gasteiger partial charge in [0.2, 0.25) is 0 Å². The molecule has 0 unspecified atom stereocenters. The standard InChI is InChI=1S/C12H12O4/c1-4-10(13)16-11-8(3)5-7(2)6-9(11)12(14)15/h4-6H,1H2,2-3H3,(H,14,15). The number of ether oxygens (including phenoxy) is 1. The van der Waals surface area contributed by atoms with Gasteiger partial charge in [-0.15, -0.1) is 0 Å². The van der Waals surface area contributed by atoms with E-state index in [1.165, 1.54) is 6.07 Å². The van der Waals surface area contributed by atoms with Crippen LogP contribution in [0.5, 0.6) is 5.75 Å². The van der Waals surface area contributed by atoms with E-state index in [4.69, 9.17) is 9.84 Å². The molecule has 1 N–H and O–H groups in total. The molecule has 0 aromatic heterocycles. The molecule has 0 spiro atoms. The van der Waals surface area contributed by atoms with E-state index in [0.717, 1.165) is 11.6 Å². The molecule has 84 valence electrons. The number of rotatable bonds is 3. The summed E-state index contributed by atoms with van der Waals surface area (Å²) in [5, 5.41) is 8.98. The van der Waals surface area contributed by atoms with Crippen molar-refractivity contribution in [1.82, 2.24) is 0 Å². The number of carboxylic acid groups (broad SMARTS) is 1. The molecule has 0 heterocycles. The van der Waals surface area contributed by atoms with Crippen LogP contribution < -0.4 is 4.74 Å². The average Bonchev–Trinajstić information content (AvgIpc) is 2.20. The number of carbonyl (C=O) groups is 2. The highest BCUT2D eigenvalue weighted by Gasteiger charge is 2.16. The highest BCUT2D eigenvalue weighted by atomic mass is 16.5. The summed E-state index contributed by atoms with van der Waals surface area (Å²) in [4.78, 5) is 22.0. The topological polar surface area (TPSA) is 63.6 Å². The molecular formula is C12H12O4. The number of aryl methyl sites for hydroxylation is 2. The van der Waals surface area contributed by atoms with E-state index in [-0.39, 0.29) is 11.3 Å². The minimum Gasteiger partial charge on any atom is -0.478 e. The van der Waals surface area contributed by atoms with E-state index in [0.29, 0.717) is 5.56 Å². The zero-order valence-electron chi connectivity index (χ0n) is 9.11. The normalized spacial score (nSPS) is 9.62. The van der Waals surface area contributed by atoms with Crippen LogP contribution in [-0.4, -0.2) is 17.0 Å². The van der Waals surface area contributed by atoms with Gasteiger partial charge in [-0.05, 0) is 31.0 Å². The lowest BCUT2D eigenvalue weighted by molar-refractivity contribution is -0.129. The Kier molecular flexibility index (Phi) is 3.45. The number of hydrogen-bond acceptors (Lipinski definition) is 3. The maximum absolute atomic E-state index is 11.1. The first-order chi connectivity index (χ1) is 7.45. The van der Waals surface area contributed by atoms with Gasteiger partial charge >= 0.3 is 11.9 Å². The fourth-order valence-corrected chi connectivity index (χ4v) is 1.39. The van der Waals surface area contributed by atoms with Crippen molar-refractivity contribution >= 4 is 11.9 Å². The van der Waals surface area contributed by atoms with Gasteiger partial charge in [-0.25, -0.2) is 9.59 Å². The Labute approximate surface area is 93.2 Å². The van der Waals surface area contributed by atoms with Crippen molar-refractivity contribution in [2.24, 2.45) is 0 Å². The fourth-order valence-electron chi connectivity index (χ4n) is 1.39. The van der Waals surface area contributed by atoms with Gasteiger partial charge in [-0.2, -0.15) is 0 Å². The van der Waals surface area contributed by atoms with Crippen LogP contribution in [0.3, 0.4) is 0 Å². The highest BCUT2D eigenvalue weighted by Crippen LogP contribution is 2.25. The van der Waals surface area contributed by atoms with Crippen molar-refractivity contribution in [3.05, 3.63) is 41.5 Å². The Morgan fingerprint density at radius 3 is 2.50 bits per heavy atom. The summed E-state index contributed by atoms with van der Waals surface area (Å²) >= 11 is 0. The van der Waals surface area contributed by atoms with Gasteiger partial charge in [0, 0.05) is 6.08 Å². The average molecular weight is 220 g/mol. The van der Waals surface area contributed by atoms with E-state index < -0.39 is 11.9 Å². The number of esters is 1. The van der Waals surface area contributed by atoms with E-state index in [1.807, 2.05) is 0 Å². The molecular weight excluding hydrogens is 208 g/mol. The molecule has 0 saturated carbocycles. The number of benzene rings is 1. The summed E-state index contributed by atoms with van der Waals surface area (Å²) in [6, 6.07) is 3.21. The van der Waals surface area contributed by atoms with Gasteiger partial charge in [0.1, 0.15) is 11.3 Å². The smallest absolute Gasteiger partial charge is 0.339 e. The number of carboxylic acids is 1. The van der Waals surface area contributed by atoms with Crippen molar-refractivity contribution in [1.29, 1.82) is 0 Å². The summed E-state index contributed by atoms with van der Waals surface area (Å²) in [6.45, 7) is 6.72. The van der Waals surface area contributed by atoms with Gasteiger partial charge in [-0.1, -0.05) is 12.6 Å². The Morgan fingerprint density at radius 1 is 1.38 bits per heavy atom. The first-order valence-electron chi connectivity index (χ1n) is 4.64. The number of hydrogen-bond donors (Lipinski definition) is 1.